The summed E-state index contributed by atoms with van der Waals surface area (Å²) in [7, 11) is 1.38. The van der Waals surface area contributed by atoms with Crippen molar-refractivity contribution in [2.45, 2.75) is 25.6 Å². The van der Waals surface area contributed by atoms with Crippen molar-refractivity contribution in [1.29, 1.82) is 0 Å². The lowest BCUT2D eigenvalue weighted by Crippen LogP contribution is -2.15. The quantitative estimate of drug-likeness (QED) is 0.732. The van der Waals surface area contributed by atoms with Crippen LogP contribution in [0.4, 0.5) is 8.78 Å². The Morgan fingerprint density at radius 2 is 1.62 bits per heavy atom. The van der Waals surface area contributed by atoms with Gasteiger partial charge in [0.1, 0.15) is 17.4 Å². The Hall–Kier alpha value is -0.640. The minimum atomic E-state index is -0.589. The number of alkyl halides is 1. The van der Waals surface area contributed by atoms with E-state index in [0.717, 1.165) is 0 Å². The third kappa shape index (κ3) is 2.73. The number of ether oxygens (including phenoxy) is 1. The fourth-order valence-corrected chi connectivity index (χ4v) is 1.79. The lowest BCUT2D eigenvalue weighted by molar-refractivity contribution is 0.378. The summed E-state index contributed by atoms with van der Waals surface area (Å²) in [5.74, 6) is -0.991. The van der Waals surface area contributed by atoms with Crippen LogP contribution in [0.15, 0.2) is 12.1 Å². The highest BCUT2D eigenvalue weighted by atomic mass is 79.9. The number of hydrogen-bond donors (Lipinski definition) is 0. The summed E-state index contributed by atoms with van der Waals surface area (Å²) >= 11 is 3.33. The van der Waals surface area contributed by atoms with Gasteiger partial charge in [0.25, 0.3) is 0 Å². The van der Waals surface area contributed by atoms with E-state index in [0.29, 0.717) is 0 Å². The molecule has 0 spiro atoms. The third-order valence-corrected chi connectivity index (χ3v) is 4.13. The molecule has 0 saturated heterocycles. The van der Waals surface area contributed by atoms with E-state index < -0.39 is 11.6 Å². The summed E-state index contributed by atoms with van der Waals surface area (Å²) in [6, 6.07) is 2.39. The molecule has 0 aliphatic heterocycles. The maximum absolute atomic E-state index is 13.7. The zero-order chi connectivity index (χ0) is 12.5. The average molecular weight is 293 g/mol. The van der Waals surface area contributed by atoms with Crippen molar-refractivity contribution in [1.82, 2.24) is 0 Å². The summed E-state index contributed by atoms with van der Waals surface area (Å²) < 4.78 is 32.3. The normalized spacial score (nSPS) is 13.7. The first kappa shape index (κ1) is 13.4. The summed E-state index contributed by atoms with van der Waals surface area (Å²) in [6.07, 6.45) is 0. The average Bonchev–Trinajstić information content (AvgIpc) is 2.14. The van der Waals surface area contributed by atoms with Gasteiger partial charge in [-0.1, -0.05) is 36.7 Å². The maximum Gasteiger partial charge on any atom is 0.134 e. The fourth-order valence-electron chi connectivity index (χ4n) is 1.35. The summed E-state index contributed by atoms with van der Waals surface area (Å²) in [5, 5.41) is 0. The molecule has 0 N–H and O–H groups in total. The minimum Gasteiger partial charge on any atom is -0.497 e. The molecule has 0 radical (unpaired) electrons. The molecule has 1 nitrogen and oxygen atoms in total. The van der Waals surface area contributed by atoms with Crippen LogP contribution in [0.1, 0.15) is 31.2 Å². The van der Waals surface area contributed by atoms with Crippen LogP contribution in [0.5, 0.6) is 5.75 Å². The molecule has 0 aliphatic rings. The third-order valence-electron chi connectivity index (χ3n) is 2.30. The molecule has 0 aliphatic carbocycles. The van der Waals surface area contributed by atoms with Gasteiger partial charge in [0.15, 0.2) is 0 Å². The molecule has 0 amide bonds. The zero-order valence-corrected chi connectivity index (χ0v) is 11.4. The minimum absolute atomic E-state index is 0.0494. The van der Waals surface area contributed by atoms with Crippen LogP contribution in [-0.2, 0) is 0 Å². The zero-order valence-electron chi connectivity index (χ0n) is 9.77. The standard InChI is InChI=1S/C12H15BrF2O/c1-12(2,3)11(13)10-8(14)5-7(16-4)6-9(10)15/h5-6,11H,1-4H3. The molecular weight excluding hydrogens is 278 g/mol. The molecule has 90 valence electrons. The smallest absolute Gasteiger partial charge is 0.134 e. The van der Waals surface area contributed by atoms with E-state index in [-0.39, 0.29) is 21.6 Å². The van der Waals surface area contributed by atoms with Gasteiger partial charge in [0.05, 0.1) is 11.9 Å². The Bertz CT molecular complexity index is 362. The monoisotopic (exact) mass is 292 g/mol. The molecule has 1 aromatic rings. The Balaban J connectivity index is 3.25. The molecule has 1 atom stereocenters. The highest BCUT2D eigenvalue weighted by Crippen LogP contribution is 2.42. The molecule has 4 heteroatoms. The van der Waals surface area contributed by atoms with Gasteiger partial charge in [0, 0.05) is 17.7 Å². The van der Waals surface area contributed by atoms with Crippen molar-refractivity contribution in [3.63, 3.8) is 0 Å². The van der Waals surface area contributed by atoms with Crippen LogP contribution >= 0.6 is 15.9 Å². The van der Waals surface area contributed by atoms with Gasteiger partial charge in [-0.15, -0.1) is 0 Å². The van der Waals surface area contributed by atoms with Crippen molar-refractivity contribution >= 4 is 15.9 Å². The lowest BCUT2D eigenvalue weighted by Gasteiger charge is -2.26. The van der Waals surface area contributed by atoms with E-state index in [4.69, 9.17) is 4.74 Å². The van der Waals surface area contributed by atoms with Crippen LogP contribution in [0.25, 0.3) is 0 Å². The molecule has 1 rings (SSSR count). The van der Waals surface area contributed by atoms with Gasteiger partial charge in [-0.25, -0.2) is 8.78 Å². The largest absolute Gasteiger partial charge is 0.497 e. The van der Waals surface area contributed by atoms with Crippen LogP contribution in [0.2, 0.25) is 0 Å². The fraction of sp³-hybridized carbons (Fsp3) is 0.500. The van der Waals surface area contributed by atoms with E-state index in [1.54, 1.807) is 0 Å². The molecule has 0 bridgehead atoms. The SMILES string of the molecule is COc1cc(F)c(C(Br)C(C)(C)C)c(F)c1. The molecule has 1 aromatic carbocycles. The van der Waals surface area contributed by atoms with Crippen molar-refractivity contribution in [3.8, 4) is 5.75 Å². The van der Waals surface area contributed by atoms with E-state index >= 15 is 0 Å². The Kier molecular flexibility index (Phi) is 3.94. The summed E-state index contributed by atoms with van der Waals surface area (Å²) in [4.78, 5) is -0.383. The number of hydrogen-bond acceptors (Lipinski definition) is 1. The van der Waals surface area contributed by atoms with Crippen molar-refractivity contribution < 1.29 is 13.5 Å². The van der Waals surface area contributed by atoms with E-state index in [2.05, 4.69) is 15.9 Å². The highest BCUT2D eigenvalue weighted by Gasteiger charge is 2.29. The van der Waals surface area contributed by atoms with Crippen molar-refractivity contribution in [3.05, 3.63) is 29.3 Å². The van der Waals surface area contributed by atoms with Gasteiger partial charge >= 0.3 is 0 Å². The van der Waals surface area contributed by atoms with Gasteiger partial charge < -0.3 is 4.74 Å². The van der Waals surface area contributed by atoms with Gasteiger partial charge in [0.2, 0.25) is 0 Å². The second-order valence-electron chi connectivity index (χ2n) is 4.73. The van der Waals surface area contributed by atoms with Gasteiger partial charge in [-0.3, -0.25) is 0 Å². The topological polar surface area (TPSA) is 9.23 Å². The van der Waals surface area contributed by atoms with Crippen LogP contribution in [-0.4, -0.2) is 7.11 Å². The molecular formula is C12H15BrF2O. The second-order valence-corrected chi connectivity index (χ2v) is 5.65. The first-order valence-corrected chi connectivity index (χ1v) is 5.86. The Morgan fingerprint density at radius 1 is 1.19 bits per heavy atom. The van der Waals surface area contributed by atoms with Gasteiger partial charge in [-0.05, 0) is 5.41 Å². The molecule has 0 heterocycles. The van der Waals surface area contributed by atoms with Crippen LogP contribution < -0.4 is 4.74 Å². The first-order chi connectivity index (χ1) is 7.27. The Morgan fingerprint density at radius 3 is 1.94 bits per heavy atom. The number of methoxy groups -OCH3 is 1. The predicted octanol–water partition coefficient (Wildman–Crippen LogP) is 4.46. The van der Waals surface area contributed by atoms with E-state index in [1.165, 1.54) is 19.2 Å². The second kappa shape index (κ2) is 4.70. The summed E-state index contributed by atoms with van der Waals surface area (Å²) in [6.45, 7) is 5.74. The first-order valence-electron chi connectivity index (χ1n) is 4.94. The molecule has 0 aromatic heterocycles. The van der Waals surface area contributed by atoms with Crippen molar-refractivity contribution in [2.24, 2.45) is 5.41 Å². The highest BCUT2D eigenvalue weighted by molar-refractivity contribution is 9.09. The molecule has 16 heavy (non-hydrogen) atoms. The van der Waals surface area contributed by atoms with E-state index in [1.807, 2.05) is 20.8 Å². The van der Waals surface area contributed by atoms with Crippen molar-refractivity contribution in [2.75, 3.05) is 7.11 Å². The Labute approximate surface area is 103 Å². The molecule has 0 fully saturated rings. The number of halogens is 3. The van der Waals surface area contributed by atoms with E-state index in [9.17, 15) is 8.78 Å². The molecule has 1 unspecified atom stereocenters. The van der Waals surface area contributed by atoms with Crippen LogP contribution in [0, 0.1) is 17.0 Å². The summed E-state index contributed by atoms with van der Waals surface area (Å²) in [5.41, 5.74) is -0.218. The van der Waals surface area contributed by atoms with Gasteiger partial charge in [-0.2, -0.15) is 0 Å². The number of benzene rings is 1. The van der Waals surface area contributed by atoms with Crippen LogP contribution in [0.3, 0.4) is 0 Å². The number of rotatable bonds is 2. The lowest BCUT2D eigenvalue weighted by atomic mass is 9.87. The maximum atomic E-state index is 13.7. The molecule has 0 saturated carbocycles. The predicted molar refractivity (Wildman–Crippen MR) is 64.0 cm³/mol.